The van der Waals surface area contributed by atoms with E-state index in [2.05, 4.69) is 0 Å². The van der Waals surface area contributed by atoms with Crippen LogP contribution < -0.4 is 0 Å². The second-order valence-corrected chi connectivity index (χ2v) is 10.7. The maximum absolute atomic E-state index is 13.2. The molecule has 4 nitrogen and oxygen atoms in total. The van der Waals surface area contributed by atoms with Crippen LogP contribution in [0.1, 0.15) is 18.4 Å². The average Bonchev–Trinajstić information content (AvgIpc) is 3.03. The molecule has 0 radical (unpaired) electrons. The average molecular weight is 406 g/mol. The van der Waals surface area contributed by atoms with Gasteiger partial charge in [-0.05, 0) is 49.2 Å². The number of phenols is 1. The van der Waals surface area contributed by atoms with Crippen LogP contribution in [0.2, 0.25) is 0 Å². The van der Waals surface area contributed by atoms with Gasteiger partial charge in [0.1, 0.15) is 10.6 Å². The van der Waals surface area contributed by atoms with Gasteiger partial charge in [-0.1, -0.05) is 22.4 Å². The highest BCUT2D eigenvalue weighted by molar-refractivity contribution is 8.33. The Kier molecular flexibility index (Phi) is 4.98. The smallest absolute Gasteiger partial charge is 0.417 e. The number of hydrogen-bond donors (Lipinski definition) is 1. The number of halogens is 3. The van der Waals surface area contributed by atoms with Gasteiger partial charge in [0.25, 0.3) is 0 Å². The van der Waals surface area contributed by atoms with E-state index < -0.39 is 37.1 Å². The van der Waals surface area contributed by atoms with E-state index in [1.807, 2.05) is 0 Å². The summed E-state index contributed by atoms with van der Waals surface area (Å²) in [7, 11) is -6.91. The second-order valence-electron chi connectivity index (χ2n) is 5.94. The van der Waals surface area contributed by atoms with Crippen molar-refractivity contribution < 1.29 is 30.3 Å². The Morgan fingerprint density at radius 1 is 0.962 bits per heavy atom. The van der Waals surface area contributed by atoms with Crippen LogP contribution in [0.25, 0.3) is 0 Å². The van der Waals surface area contributed by atoms with Crippen molar-refractivity contribution in [1.82, 2.24) is 0 Å². The lowest BCUT2D eigenvalue weighted by Gasteiger charge is -2.34. The normalized spacial score (nSPS) is 18.6. The van der Waals surface area contributed by atoms with Gasteiger partial charge in [0.2, 0.25) is 0 Å². The number of rotatable bonds is 4. The lowest BCUT2D eigenvalue weighted by molar-refractivity contribution is -0.139. The fourth-order valence-electron chi connectivity index (χ4n) is 2.94. The van der Waals surface area contributed by atoms with Crippen molar-refractivity contribution in [1.29, 1.82) is 0 Å². The summed E-state index contributed by atoms with van der Waals surface area (Å²) >= 11 is 0. The molecule has 1 heterocycles. The molecule has 0 saturated carbocycles. The van der Waals surface area contributed by atoms with Gasteiger partial charge >= 0.3 is 16.3 Å². The topological polar surface area (TPSA) is 63.6 Å². The first-order chi connectivity index (χ1) is 12.1. The van der Waals surface area contributed by atoms with Gasteiger partial charge in [-0.3, -0.25) is 0 Å². The first-order valence-corrected chi connectivity index (χ1v) is 11.1. The van der Waals surface area contributed by atoms with Crippen molar-refractivity contribution in [2.75, 3.05) is 11.5 Å². The molecule has 142 valence electrons. The van der Waals surface area contributed by atoms with Gasteiger partial charge in [0, 0.05) is 16.4 Å². The summed E-state index contributed by atoms with van der Waals surface area (Å²) < 4.78 is 70.7. The van der Waals surface area contributed by atoms with E-state index >= 15 is 0 Å². The Bertz CT molecular complexity index is 887. The van der Waals surface area contributed by atoms with Gasteiger partial charge < -0.3 is 5.11 Å². The van der Waals surface area contributed by atoms with E-state index in [0.29, 0.717) is 16.4 Å². The number of aromatic hydroxyl groups is 1. The van der Waals surface area contributed by atoms with Crippen molar-refractivity contribution in [2.24, 2.45) is 0 Å². The molecule has 0 amide bonds. The van der Waals surface area contributed by atoms with Crippen LogP contribution in [0.3, 0.4) is 0 Å². The van der Waals surface area contributed by atoms with E-state index in [0.717, 1.165) is 31.0 Å². The molecular weight excluding hydrogens is 389 g/mol. The van der Waals surface area contributed by atoms with Gasteiger partial charge in [-0.25, -0.2) is 3.63 Å². The quantitative estimate of drug-likeness (QED) is 0.800. The highest BCUT2D eigenvalue weighted by Crippen LogP contribution is 2.63. The SMILES string of the molecule is O=S(=O)(OS1(c2ccc(O)cc2)CCCC1)c1ccccc1C(F)(F)F. The Hall–Kier alpha value is -1.71. The van der Waals surface area contributed by atoms with E-state index in [1.54, 1.807) is 12.1 Å². The van der Waals surface area contributed by atoms with Crippen molar-refractivity contribution in [3.05, 3.63) is 54.1 Å². The van der Waals surface area contributed by atoms with Gasteiger partial charge in [0.15, 0.2) is 0 Å². The highest BCUT2D eigenvalue weighted by atomic mass is 32.3. The molecule has 1 fully saturated rings. The monoisotopic (exact) mass is 406 g/mol. The minimum atomic E-state index is -4.80. The molecule has 1 aliphatic heterocycles. The predicted octanol–water partition coefficient (Wildman–Crippen LogP) is 4.69. The number of alkyl halides is 3. The summed E-state index contributed by atoms with van der Waals surface area (Å²) in [5, 5.41) is 9.45. The van der Waals surface area contributed by atoms with Crippen LogP contribution in [0.5, 0.6) is 5.75 Å². The molecule has 0 aliphatic carbocycles. The molecule has 0 atom stereocenters. The molecule has 2 aromatic carbocycles. The van der Waals surface area contributed by atoms with E-state index in [-0.39, 0.29) is 5.75 Å². The third kappa shape index (κ3) is 3.70. The standard InChI is InChI=1S/C17H17F3O4S2/c18-17(19,20)15-5-1-2-6-16(15)26(22,23)24-25(11-3-4-12-25)14-9-7-13(21)8-10-14/h1-2,5-10,21H,3-4,11-12H2. The zero-order valence-electron chi connectivity index (χ0n) is 13.6. The molecule has 0 unspecified atom stereocenters. The highest BCUT2D eigenvalue weighted by Gasteiger charge is 2.41. The first-order valence-electron chi connectivity index (χ1n) is 7.84. The molecular formula is C17H17F3O4S2. The van der Waals surface area contributed by atoms with Crippen molar-refractivity contribution in [3.63, 3.8) is 0 Å². The lowest BCUT2D eigenvalue weighted by Crippen LogP contribution is -2.18. The third-order valence-corrected chi connectivity index (χ3v) is 9.83. The molecule has 0 aromatic heterocycles. The van der Waals surface area contributed by atoms with Crippen molar-refractivity contribution in [2.45, 2.75) is 28.8 Å². The van der Waals surface area contributed by atoms with Crippen LogP contribution in [0.4, 0.5) is 13.2 Å². The third-order valence-electron chi connectivity index (χ3n) is 4.15. The Morgan fingerprint density at radius 3 is 2.12 bits per heavy atom. The Balaban J connectivity index is 2.04. The molecule has 26 heavy (non-hydrogen) atoms. The summed E-state index contributed by atoms with van der Waals surface area (Å²) in [6.45, 7) is 0. The molecule has 3 rings (SSSR count). The number of hydrogen-bond acceptors (Lipinski definition) is 4. The molecule has 9 heteroatoms. The van der Waals surface area contributed by atoms with E-state index in [4.69, 9.17) is 3.63 Å². The second kappa shape index (κ2) is 6.79. The van der Waals surface area contributed by atoms with Crippen LogP contribution >= 0.6 is 10.3 Å². The number of phenolic OH excluding ortho intramolecular Hbond substituents is 1. The van der Waals surface area contributed by atoms with E-state index in [1.165, 1.54) is 18.2 Å². The van der Waals surface area contributed by atoms with Crippen LogP contribution in [-0.4, -0.2) is 25.0 Å². The van der Waals surface area contributed by atoms with Crippen LogP contribution in [-0.2, 0) is 19.9 Å². The first kappa shape index (κ1) is 19.1. The zero-order valence-corrected chi connectivity index (χ0v) is 15.2. The molecule has 0 spiro atoms. The predicted molar refractivity (Wildman–Crippen MR) is 92.6 cm³/mol. The van der Waals surface area contributed by atoms with Crippen LogP contribution in [0.15, 0.2) is 58.3 Å². The maximum atomic E-state index is 13.2. The molecule has 1 saturated heterocycles. The van der Waals surface area contributed by atoms with Gasteiger partial charge in [-0.15, -0.1) is 0 Å². The Morgan fingerprint density at radius 2 is 1.54 bits per heavy atom. The summed E-state index contributed by atoms with van der Waals surface area (Å²) in [6, 6.07) is 10.00. The van der Waals surface area contributed by atoms with Gasteiger partial charge in [0.05, 0.1) is 5.56 Å². The fourth-order valence-corrected chi connectivity index (χ4v) is 8.81. The van der Waals surface area contributed by atoms with Gasteiger partial charge in [-0.2, -0.15) is 21.6 Å². The van der Waals surface area contributed by atoms with Crippen molar-refractivity contribution >= 4 is 20.4 Å². The Labute approximate surface area is 151 Å². The molecule has 2 aromatic rings. The minimum absolute atomic E-state index is 0.0200. The summed E-state index contributed by atoms with van der Waals surface area (Å²) in [6.07, 6.45) is -3.34. The van der Waals surface area contributed by atoms with Crippen molar-refractivity contribution in [3.8, 4) is 5.75 Å². The maximum Gasteiger partial charge on any atom is 0.417 e. The largest absolute Gasteiger partial charge is 0.508 e. The number of benzene rings is 2. The molecule has 1 aliphatic rings. The molecule has 0 bridgehead atoms. The zero-order chi connectivity index (χ0) is 19.0. The lowest BCUT2D eigenvalue weighted by atomic mass is 10.2. The van der Waals surface area contributed by atoms with Crippen LogP contribution in [0, 0.1) is 0 Å². The summed E-state index contributed by atoms with van der Waals surface area (Å²) in [5.41, 5.74) is -1.24. The summed E-state index contributed by atoms with van der Waals surface area (Å²) in [5.74, 6) is 0.919. The summed E-state index contributed by atoms with van der Waals surface area (Å²) in [4.78, 5) is -0.272. The minimum Gasteiger partial charge on any atom is -0.508 e. The fraction of sp³-hybridized carbons (Fsp3) is 0.294. The molecule has 1 N–H and O–H groups in total. The van der Waals surface area contributed by atoms with E-state index in [9.17, 15) is 26.7 Å².